The molecule has 0 N–H and O–H groups in total. The highest BCUT2D eigenvalue weighted by molar-refractivity contribution is 7.90. The molecular formula is C20H15N5O3S. The molecule has 9 heteroatoms. The SMILES string of the molecule is Cn1cc(-c2ccnc3c2ccn3S(=O)(=O)c2ccccc2)c(-c2cnco2)n1. The molecule has 0 saturated heterocycles. The maximum atomic E-state index is 13.1. The summed E-state index contributed by atoms with van der Waals surface area (Å²) in [4.78, 5) is 8.50. The lowest BCUT2D eigenvalue weighted by atomic mass is 10.0. The predicted octanol–water partition coefficient (Wildman–Crippen LogP) is 3.33. The van der Waals surface area contributed by atoms with Gasteiger partial charge in [0, 0.05) is 36.6 Å². The molecular weight excluding hydrogens is 390 g/mol. The maximum Gasteiger partial charge on any atom is 0.269 e. The number of pyridine rings is 1. The number of nitrogens with zero attached hydrogens (tertiary/aromatic N) is 5. The summed E-state index contributed by atoms with van der Waals surface area (Å²) in [6.07, 6.45) is 7.91. The highest BCUT2D eigenvalue weighted by Crippen LogP contribution is 2.35. The van der Waals surface area contributed by atoms with Crippen LogP contribution in [0.3, 0.4) is 0 Å². The van der Waals surface area contributed by atoms with Gasteiger partial charge >= 0.3 is 0 Å². The van der Waals surface area contributed by atoms with E-state index in [4.69, 9.17) is 4.42 Å². The van der Waals surface area contributed by atoms with Crippen LogP contribution in [-0.4, -0.2) is 32.1 Å². The van der Waals surface area contributed by atoms with Gasteiger partial charge in [0.25, 0.3) is 10.0 Å². The van der Waals surface area contributed by atoms with Crippen LogP contribution in [0.25, 0.3) is 33.6 Å². The van der Waals surface area contributed by atoms with E-state index in [1.54, 1.807) is 53.5 Å². The Morgan fingerprint density at radius 1 is 1.03 bits per heavy atom. The van der Waals surface area contributed by atoms with Gasteiger partial charge in [0.05, 0.1) is 11.1 Å². The van der Waals surface area contributed by atoms with E-state index >= 15 is 0 Å². The van der Waals surface area contributed by atoms with Crippen molar-refractivity contribution >= 4 is 21.1 Å². The molecule has 144 valence electrons. The zero-order valence-corrected chi connectivity index (χ0v) is 16.1. The molecule has 29 heavy (non-hydrogen) atoms. The normalized spacial score (nSPS) is 11.9. The predicted molar refractivity (Wildman–Crippen MR) is 106 cm³/mol. The topological polar surface area (TPSA) is 95.8 Å². The minimum Gasteiger partial charge on any atom is -0.442 e. The van der Waals surface area contributed by atoms with Gasteiger partial charge in [-0.05, 0) is 29.8 Å². The zero-order valence-electron chi connectivity index (χ0n) is 15.3. The average Bonchev–Trinajstić information content (AvgIpc) is 3.47. The van der Waals surface area contributed by atoms with E-state index in [0.29, 0.717) is 22.5 Å². The smallest absolute Gasteiger partial charge is 0.269 e. The third kappa shape index (κ3) is 2.74. The number of hydrogen-bond acceptors (Lipinski definition) is 6. The van der Waals surface area contributed by atoms with Gasteiger partial charge in [-0.1, -0.05) is 18.2 Å². The van der Waals surface area contributed by atoms with E-state index in [0.717, 1.165) is 11.1 Å². The minimum absolute atomic E-state index is 0.202. The first-order chi connectivity index (χ1) is 14.1. The molecule has 0 fully saturated rings. The largest absolute Gasteiger partial charge is 0.442 e. The number of oxazole rings is 1. The summed E-state index contributed by atoms with van der Waals surface area (Å²) in [7, 11) is -1.95. The Balaban J connectivity index is 1.72. The Bertz CT molecular complexity index is 1420. The molecule has 5 aromatic rings. The van der Waals surface area contributed by atoms with Crippen LogP contribution in [0.2, 0.25) is 0 Å². The van der Waals surface area contributed by atoms with Gasteiger partial charge in [0.2, 0.25) is 0 Å². The van der Waals surface area contributed by atoms with Gasteiger partial charge in [-0.3, -0.25) is 4.68 Å². The molecule has 0 bridgehead atoms. The summed E-state index contributed by atoms with van der Waals surface area (Å²) < 4.78 is 34.5. The van der Waals surface area contributed by atoms with Crippen molar-refractivity contribution in [1.82, 2.24) is 23.7 Å². The lowest BCUT2D eigenvalue weighted by Crippen LogP contribution is -2.12. The van der Waals surface area contributed by atoms with Gasteiger partial charge in [0.1, 0.15) is 5.69 Å². The van der Waals surface area contributed by atoms with Crippen LogP contribution in [0.4, 0.5) is 0 Å². The summed E-state index contributed by atoms with van der Waals surface area (Å²) in [5.74, 6) is 0.530. The number of rotatable bonds is 4. The molecule has 4 heterocycles. The zero-order chi connectivity index (χ0) is 20.0. The van der Waals surface area contributed by atoms with Gasteiger partial charge < -0.3 is 4.42 Å². The van der Waals surface area contributed by atoms with E-state index < -0.39 is 10.0 Å². The van der Waals surface area contributed by atoms with E-state index in [2.05, 4.69) is 15.1 Å². The Labute approximate surface area is 166 Å². The van der Waals surface area contributed by atoms with Crippen LogP contribution in [0.1, 0.15) is 0 Å². The molecule has 0 unspecified atom stereocenters. The van der Waals surface area contributed by atoms with Gasteiger partial charge in [0.15, 0.2) is 17.8 Å². The summed E-state index contributed by atoms with van der Waals surface area (Å²) in [6.45, 7) is 0. The second-order valence-electron chi connectivity index (χ2n) is 6.46. The lowest BCUT2D eigenvalue weighted by Gasteiger charge is -2.08. The highest BCUT2D eigenvalue weighted by Gasteiger charge is 2.22. The van der Waals surface area contributed by atoms with E-state index in [1.165, 1.54) is 16.6 Å². The van der Waals surface area contributed by atoms with Crippen molar-refractivity contribution in [3.05, 3.63) is 73.6 Å². The molecule has 0 aliphatic carbocycles. The van der Waals surface area contributed by atoms with Crippen molar-refractivity contribution in [3.8, 4) is 22.6 Å². The summed E-state index contributed by atoms with van der Waals surface area (Å²) >= 11 is 0. The second kappa shape index (κ2) is 6.42. The molecule has 5 rings (SSSR count). The van der Waals surface area contributed by atoms with Crippen LogP contribution in [0.15, 0.2) is 83.0 Å². The van der Waals surface area contributed by atoms with Crippen molar-refractivity contribution in [2.45, 2.75) is 4.90 Å². The average molecular weight is 405 g/mol. The highest BCUT2D eigenvalue weighted by atomic mass is 32.2. The molecule has 0 aliphatic heterocycles. The lowest BCUT2D eigenvalue weighted by molar-refractivity contribution is 0.568. The summed E-state index contributed by atoms with van der Waals surface area (Å²) in [5.41, 5.74) is 2.57. The van der Waals surface area contributed by atoms with Crippen LogP contribution in [-0.2, 0) is 17.1 Å². The van der Waals surface area contributed by atoms with E-state index in [1.807, 2.05) is 19.3 Å². The quantitative estimate of drug-likeness (QED) is 0.455. The van der Waals surface area contributed by atoms with E-state index in [9.17, 15) is 8.42 Å². The van der Waals surface area contributed by atoms with Gasteiger partial charge in [-0.2, -0.15) is 5.10 Å². The number of aryl methyl sites for hydroxylation is 1. The first kappa shape index (κ1) is 17.4. The Morgan fingerprint density at radius 3 is 2.62 bits per heavy atom. The third-order valence-corrected chi connectivity index (χ3v) is 6.32. The number of fused-ring (bicyclic) bond motifs is 1. The monoisotopic (exact) mass is 405 g/mol. The molecule has 8 nitrogen and oxygen atoms in total. The Hall–Kier alpha value is -3.72. The number of hydrogen-bond donors (Lipinski definition) is 0. The molecule has 0 radical (unpaired) electrons. The van der Waals surface area contributed by atoms with Crippen LogP contribution in [0, 0.1) is 0 Å². The van der Waals surface area contributed by atoms with Crippen molar-refractivity contribution < 1.29 is 12.8 Å². The molecule has 0 aliphatic rings. The van der Waals surface area contributed by atoms with Crippen molar-refractivity contribution in [3.63, 3.8) is 0 Å². The molecule has 4 aromatic heterocycles. The van der Waals surface area contributed by atoms with Crippen LogP contribution < -0.4 is 0 Å². The fraction of sp³-hybridized carbons (Fsp3) is 0.0500. The first-order valence-corrected chi connectivity index (χ1v) is 10.2. The molecule has 0 saturated carbocycles. The van der Waals surface area contributed by atoms with Gasteiger partial charge in [-0.15, -0.1) is 0 Å². The second-order valence-corrected chi connectivity index (χ2v) is 8.27. The van der Waals surface area contributed by atoms with Gasteiger partial charge in [-0.25, -0.2) is 22.4 Å². The fourth-order valence-corrected chi connectivity index (χ4v) is 4.67. The summed E-state index contributed by atoms with van der Waals surface area (Å²) in [5, 5.41) is 5.17. The molecule has 0 spiro atoms. The molecule has 0 amide bonds. The molecule has 1 aromatic carbocycles. The third-order valence-electron chi connectivity index (χ3n) is 4.64. The van der Waals surface area contributed by atoms with Crippen molar-refractivity contribution in [1.29, 1.82) is 0 Å². The first-order valence-electron chi connectivity index (χ1n) is 8.75. The Morgan fingerprint density at radius 2 is 1.86 bits per heavy atom. The van der Waals surface area contributed by atoms with Crippen LogP contribution >= 0.6 is 0 Å². The van der Waals surface area contributed by atoms with E-state index in [-0.39, 0.29) is 4.90 Å². The summed E-state index contributed by atoms with van der Waals surface area (Å²) in [6, 6.07) is 11.9. The number of benzene rings is 1. The molecule has 0 atom stereocenters. The minimum atomic E-state index is -3.76. The fourth-order valence-electron chi connectivity index (χ4n) is 3.35. The number of aromatic nitrogens is 5. The standard InChI is InChI=1S/C20H15N5O3S/c1-24-12-17(19(23-24)18-11-21-13-28-18)15-7-9-22-20-16(15)8-10-25(20)29(26,27)14-5-3-2-4-6-14/h2-13H,1H3. The van der Waals surface area contributed by atoms with Crippen molar-refractivity contribution in [2.24, 2.45) is 7.05 Å². The maximum absolute atomic E-state index is 13.1. The Kier molecular flexibility index (Phi) is 3.85. The van der Waals surface area contributed by atoms with Crippen molar-refractivity contribution in [2.75, 3.05) is 0 Å². The van der Waals surface area contributed by atoms with Crippen LogP contribution in [0.5, 0.6) is 0 Å².